The van der Waals surface area contributed by atoms with E-state index in [1.165, 1.54) is 11.1 Å². The standard InChI is InChI=1S/C12H11Br2NS/c1-2-8-3-5-9(6-4-8)12-15-10(7-13)11(14)16-12/h3-6H,2,7H2,1H3. The Balaban J connectivity index is 2.34. The summed E-state index contributed by atoms with van der Waals surface area (Å²) in [6.45, 7) is 2.16. The molecule has 1 heterocycles. The van der Waals surface area contributed by atoms with Crippen molar-refractivity contribution in [2.24, 2.45) is 0 Å². The van der Waals surface area contributed by atoms with Gasteiger partial charge in [-0.25, -0.2) is 4.98 Å². The molecule has 2 aromatic rings. The van der Waals surface area contributed by atoms with Crippen molar-refractivity contribution in [3.8, 4) is 10.6 Å². The molecule has 16 heavy (non-hydrogen) atoms. The normalized spacial score (nSPS) is 10.7. The minimum absolute atomic E-state index is 0.789. The Morgan fingerprint density at radius 1 is 1.25 bits per heavy atom. The lowest BCUT2D eigenvalue weighted by atomic mass is 10.1. The van der Waals surface area contributed by atoms with Crippen LogP contribution >= 0.6 is 43.2 Å². The molecular formula is C12H11Br2NS. The Morgan fingerprint density at radius 3 is 2.44 bits per heavy atom. The van der Waals surface area contributed by atoms with Gasteiger partial charge in [0, 0.05) is 10.9 Å². The highest BCUT2D eigenvalue weighted by Crippen LogP contribution is 2.33. The van der Waals surface area contributed by atoms with Crippen molar-refractivity contribution in [1.82, 2.24) is 4.98 Å². The van der Waals surface area contributed by atoms with Crippen molar-refractivity contribution < 1.29 is 0 Å². The molecule has 0 aliphatic rings. The van der Waals surface area contributed by atoms with Gasteiger partial charge in [0.15, 0.2) is 0 Å². The predicted octanol–water partition coefficient (Wildman–Crippen LogP) is 5.03. The molecule has 0 saturated carbocycles. The first-order valence-electron chi connectivity index (χ1n) is 5.05. The molecule has 0 unspecified atom stereocenters. The van der Waals surface area contributed by atoms with Crippen molar-refractivity contribution in [3.05, 3.63) is 39.3 Å². The van der Waals surface area contributed by atoms with E-state index in [1.807, 2.05) is 0 Å². The third kappa shape index (κ3) is 2.55. The van der Waals surface area contributed by atoms with Crippen molar-refractivity contribution >= 4 is 43.2 Å². The number of aryl methyl sites for hydroxylation is 1. The first-order valence-corrected chi connectivity index (χ1v) is 7.78. The zero-order valence-electron chi connectivity index (χ0n) is 8.84. The fourth-order valence-corrected chi connectivity index (χ4v) is 3.89. The summed E-state index contributed by atoms with van der Waals surface area (Å²) >= 11 is 8.64. The van der Waals surface area contributed by atoms with Crippen LogP contribution in [0.5, 0.6) is 0 Å². The van der Waals surface area contributed by atoms with E-state index in [-0.39, 0.29) is 0 Å². The second-order valence-corrected chi connectivity index (χ2v) is 6.30. The Morgan fingerprint density at radius 2 is 1.94 bits per heavy atom. The Kier molecular flexibility index (Phi) is 4.16. The number of rotatable bonds is 3. The van der Waals surface area contributed by atoms with Crippen LogP contribution in [0.25, 0.3) is 10.6 Å². The van der Waals surface area contributed by atoms with Gasteiger partial charge in [-0.3, -0.25) is 0 Å². The summed E-state index contributed by atoms with van der Waals surface area (Å²) in [5, 5.41) is 1.86. The van der Waals surface area contributed by atoms with Crippen molar-refractivity contribution in [3.63, 3.8) is 0 Å². The van der Waals surface area contributed by atoms with Crippen LogP contribution in [0.2, 0.25) is 0 Å². The molecular weight excluding hydrogens is 350 g/mol. The number of nitrogens with zero attached hydrogens (tertiary/aromatic N) is 1. The van der Waals surface area contributed by atoms with Crippen LogP contribution in [-0.2, 0) is 11.8 Å². The van der Waals surface area contributed by atoms with E-state index < -0.39 is 0 Å². The van der Waals surface area contributed by atoms with Crippen LogP contribution in [0.1, 0.15) is 18.2 Å². The molecule has 0 atom stereocenters. The second-order valence-electron chi connectivity index (χ2n) is 3.42. The minimum Gasteiger partial charge on any atom is -0.239 e. The van der Waals surface area contributed by atoms with E-state index in [2.05, 4.69) is 68.0 Å². The summed E-state index contributed by atoms with van der Waals surface area (Å²) in [6.07, 6.45) is 1.08. The molecule has 4 heteroatoms. The Labute approximate surface area is 116 Å². The smallest absolute Gasteiger partial charge is 0.124 e. The SMILES string of the molecule is CCc1ccc(-c2nc(CBr)c(Br)s2)cc1. The number of aromatic nitrogens is 1. The summed E-state index contributed by atoms with van der Waals surface area (Å²) in [6, 6.07) is 8.61. The molecule has 0 radical (unpaired) electrons. The molecule has 1 aromatic carbocycles. The van der Waals surface area contributed by atoms with Crippen molar-refractivity contribution in [2.75, 3.05) is 0 Å². The van der Waals surface area contributed by atoms with Gasteiger partial charge in [-0.05, 0) is 27.9 Å². The summed E-state index contributed by atoms with van der Waals surface area (Å²) in [5.41, 5.74) is 3.62. The van der Waals surface area contributed by atoms with Gasteiger partial charge in [-0.2, -0.15) is 0 Å². The summed E-state index contributed by atoms with van der Waals surface area (Å²) in [5.74, 6) is 0. The fraction of sp³-hybridized carbons (Fsp3) is 0.250. The number of alkyl halides is 1. The molecule has 0 amide bonds. The lowest BCUT2D eigenvalue weighted by molar-refractivity contribution is 1.14. The fourth-order valence-electron chi connectivity index (χ4n) is 1.42. The van der Waals surface area contributed by atoms with Crippen LogP contribution < -0.4 is 0 Å². The first-order chi connectivity index (χ1) is 7.74. The maximum absolute atomic E-state index is 4.58. The van der Waals surface area contributed by atoms with E-state index in [0.717, 1.165) is 26.2 Å². The predicted molar refractivity (Wildman–Crippen MR) is 77.3 cm³/mol. The van der Waals surface area contributed by atoms with Gasteiger partial charge in [-0.1, -0.05) is 47.1 Å². The van der Waals surface area contributed by atoms with E-state index in [4.69, 9.17) is 0 Å². The largest absolute Gasteiger partial charge is 0.239 e. The van der Waals surface area contributed by atoms with E-state index in [9.17, 15) is 0 Å². The van der Waals surface area contributed by atoms with Gasteiger partial charge < -0.3 is 0 Å². The van der Waals surface area contributed by atoms with E-state index >= 15 is 0 Å². The summed E-state index contributed by atoms with van der Waals surface area (Å²) in [7, 11) is 0. The highest BCUT2D eigenvalue weighted by atomic mass is 79.9. The number of hydrogen-bond acceptors (Lipinski definition) is 2. The first kappa shape index (κ1) is 12.3. The third-order valence-corrected chi connectivity index (χ3v) is 4.79. The number of thiazole rings is 1. The topological polar surface area (TPSA) is 12.9 Å². The number of benzene rings is 1. The van der Waals surface area contributed by atoms with E-state index in [1.54, 1.807) is 11.3 Å². The highest BCUT2D eigenvalue weighted by molar-refractivity contribution is 9.11. The monoisotopic (exact) mass is 359 g/mol. The molecule has 0 aliphatic carbocycles. The van der Waals surface area contributed by atoms with Gasteiger partial charge in [0.05, 0.1) is 9.48 Å². The molecule has 0 fully saturated rings. The molecule has 0 spiro atoms. The van der Waals surface area contributed by atoms with E-state index in [0.29, 0.717) is 0 Å². The molecule has 84 valence electrons. The van der Waals surface area contributed by atoms with Gasteiger partial charge in [0.2, 0.25) is 0 Å². The maximum atomic E-state index is 4.58. The average Bonchev–Trinajstić information content (AvgIpc) is 2.71. The molecule has 0 aliphatic heterocycles. The van der Waals surface area contributed by atoms with Gasteiger partial charge in [-0.15, -0.1) is 11.3 Å². The van der Waals surface area contributed by atoms with Crippen LogP contribution in [0.15, 0.2) is 28.1 Å². The molecule has 1 nitrogen and oxygen atoms in total. The van der Waals surface area contributed by atoms with Crippen molar-refractivity contribution in [1.29, 1.82) is 0 Å². The Bertz CT molecular complexity index is 476. The lowest BCUT2D eigenvalue weighted by Gasteiger charge is -1.98. The van der Waals surface area contributed by atoms with Crippen molar-refractivity contribution in [2.45, 2.75) is 18.7 Å². The maximum Gasteiger partial charge on any atom is 0.124 e. The molecule has 0 N–H and O–H groups in total. The van der Waals surface area contributed by atoms with Crippen LogP contribution in [0.4, 0.5) is 0 Å². The zero-order chi connectivity index (χ0) is 11.5. The van der Waals surface area contributed by atoms with Gasteiger partial charge in [0.1, 0.15) is 5.01 Å². The number of halogens is 2. The quantitative estimate of drug-likeness (QED) is 0.699. The Hall–Kier alpha value is -0.190. The third-order valence-electron chi connectivity index (χ3n) is 2.39. The summed E-state index contributed by atoms with van der Waals surface area (Å²) in [4.78, 5) is 4.58. The molecule has 2 rings (SSSR count). The second kappa shape index (κ2) is 5.43. The summed E-state index contributed by atoms with van der Waals surface area (Å²) < 4.78 is 1.11. The highest BCUT2D eigenvalue weighted by Gasteiger charge is 2.09. The van der Waals surface area contributed by atoms with Gasteiger partial charge in [0.25, 0.3) is 0 Å². The average molecular weight is 361 g/mol. The molecule has 0 saturated heterocycles. The van der Waals surface area contributed by atoms with Crippen LogP contribution in [0, 0.1) is 0 Å². The lowest BCUT2D eigenvalue weighted by Crippen LogP contribution is -1.82. The van der Waals surface area contributed by atoms with Gasteiger partial charge >= 0.3 is 0 Å². The molecule has 0 bridgehead atoms. The van der Waals surface area contributed by atoms with Crippen LogP contribution in [0.3, 0.4) is 0 Å². The van der Waals surface area contributed by atoms with Crippen LogP contribution in [-0.4, -0.2) is 4.98 Å². The molecule has 1 aromatic heterocycles. The minimum atomic E-state index is 0.789. The zero-order valence-corrected chi connectivity index (χ0v) is 12.8. The number of hydrogen-bond donors (Lipinski definition) is 0.